The molecule has 2 aliphatic heterocycles. The minimum absolute atomic E-state index is 0.0334. The van der Waals surface area contributed by atoms with Crippen LogP contribution in [-0.2, 0) is 14.6 Å². The molecule has 1 saturated carbocycles. The number of sulfone groups is 1. The van der Waals surface area contributed by atoms with Crippen molar-refractivity contribution < 1.29 is 18.0 Å². The Balaban J connectivity index is 1.19. The zero-order chi connectivity index (χ0) is 20.2. The highest BCUT2D eigenvalue weighted by Crippen LogP contribution is 2.60. The average molecular weight is 416 g/mol. The maximum Gasteiger partial charge on any atom is 0.270 e. The number of hydrogen-bond donors (Lipinski definition) is 1. The topological polar surface area (TPSA) is 90.6 Å². The van der Waals surface area contributed by atoms with Crippen molar-refractivity contribution >= 4 is 32.6 Å². The molecule has 1 aliphatic carbocycles. The third-order valence-electron chi connectivity index (χ3n) is 6.95. The summed E-state index contributed by atoms with van der Waals surface area (Å²) in [6, 6.07) is 9.68. The lowest BCUT2D eigenvalue weighted by Crippen LogP contribution is -2.51. The minimum Gasteiger partial charge on any atom is -0.351 e. The van der Waals surface area contributed by atoms with Crippen LogP contribution in [0.1, 0.15) is 29.8 Å². The van der Waals surface area contributed by atoms with Crippen molar-refractivity contribution in [3.8, 4) is 0 Å². The highest BCUT2D eigenvalue weighted by Gasteiger charge is 2.60. The summed E-state index contributed by atoms with van der Waals surface area (Å²) in [5.41, 5.74) is 1.44. The molecule has 3 fully saturated rings. The van der Waals surface area contributed by atoms with Crippen LogP contribution in [0.5, 0.6) is 0 Å². The quantitative estimate of drug-likeness (QED) is 0.808. The van der Waals surface area contributed by atoms with E-state index in [0.717, 1.165) is 17.3 Å². The van der Waals surface area contributed by atoms with Crippen LogP contribution in [0.4, 0.5) is 0 Å². The SMILES string of the molecule is O=C(c1cc2ccccc2[nH]1)N1CCN(C(=O)C2CC23CCS(=O)(=O)CC3)CC1. The van der Waals surface area contributed by atoms with Gasteiger partial charge in [0.1, 0.15) is 15.5 Å². The van der Waals surface area contributed by atoms with Crippen molar-refractivity contribution in [1.82, 2.24) is 14.8 Å². The van der Waals surface area contributed by atoms with Crippen molar-refractivity contribution in [3.05, 3.63) is 36.0 Å². The second-order valence-corrected chi connectivity index (χ2v) is 11.0. The number of aromatic nitrogens is 1. The number of H-pyrrole nitrogens is 1. The summed E-state index contributed by atoms with van der Waals surface area (Å²) in [5, 5.41) is 1.01. The first kappa shape index (κ1) is 18.7. The molecule has 1 aromatic heterocycles. The van der Waals surface area contributed by atoms with E-state index in [4.69, 9.17) is 0 Å². The molecule has 1 spiro atoms. The molecular weight excluding hydrogens is 390 g/mol. The van der Waals surface area contributed by atoms with Crippen molar-refractivity contribution in [3.63, 3.8) is 0 Å². The molecule has 1 aromatic carbocycles. The lowest BCUT2D eigenvalue weighted by molar-refractivity contribution is -0.135. The summed E-state index contributed by atoms with van der Waals surface area (Å²) in [4.78, 5) is 32.6. The molecule has 29 heavy (non-hydrogen) atoms. The average Bonchev–Trinajstić information content (AvgIpc) is 3.27. The Bertz CT molecular complexity index is 1040. The van der Waals surface area contributed by atoms with Gasteiger partial charge in [-0.2, -0.15) is 0 Å². The number of fused-ring (bicyclic) bond motifs is 1. The molecule has 2 aromatic rings. The molecule has 5 rings (SSSR count). The van der Waals surface area contributed by atoms with E-state index in [1.54, 1.807) is 4.90 Å². The fraction of sp³-hybridized carbons (Fsp3) is 0.524. The second kappa shape index (κ2) is 6.58. The number of benzene rings is 1. The standard InChI is InChI=1S/C21H25N3O4S/c25-19(16-14-21(16)5-11-29(27,28)12-6-21)23-7-9-24(10-8-23)20(26)18-13-15-3-1-2-4-17(15)22-18/h1-4,13,16,22H,5-12,14H2. The lowest BCUT2D eigenvalue weighted by Gasteiger charge is -2.35. The van der Waals surface area contributed by atoms with E-state index in [1.807, 2.05) is 35.2 Å². The van der Waals surface area contributed by atoms with Gasteiger partial charge in [-0.25, -0.2) is 8.42 Å². The minimum atomic E-state index is -2.91. The molecular formula is C21H25N3O4S. The molecule has 3 aliphatic rings. The van der Waals surface area contributed by atoms with E-state index in [9.17, 15) is 18.0 Å². The first-order valence-corrected chi connectivity index (χ1v) is 12.1. The molecule has 0 radical (unpaired) electrons. The van der Waals surface area contributed by atoms with Gasteiger partial charge < -0.3 is 14.8 Å². The molecule has 3 heterocycles. The molecule has 1 N–H and O–H groups in total. The third kappa shape index (κ3) is 3.33. The van der Waals surface area contributed by atoms with Crippen molar-refractivity contribution in [2.24, 2.45) is 11.3 Å². The molecule has 0 bridgehead atoms. The maximum absolute atomic E-state index is 12.9. The number of rotatable bonds is 2. The summed E-state index contributed by atoms with van der Waals surface area (Å²) >= 11 is 0. The monoisotopic (exact) mass is 415 g/mol. The van der Waals surface area contributed by atoms with Gasteiger partial charge in [0.25, 0.3) is 5.91 Å². The van der Waals surface area contributed by atoms with E-state index in [-0.39, 0.29) is 34.7 Å². The zero-order valence-corrected chi connectivity index (χ0v) is 17.1. The van der Waals surface area contributed by atoms with E-state index < -0.39 is 9.84 Å². The Morgan fingerprint density at radius 3 is 2.34 bits per heavy atom. The summed E-state index contributed by atoms with van der Waals surface area (Å²) in [6.45, 7) is 2.12. The van der Waals surface area contributed by atoms with E-state index >= 15 is 0 Å². The Morgan fingerprint density at radius 2 is 1.66 bits per heavy atom. The lowest BCUT2D eigenvalue weighted by atomic mass is 9.95. The first-order chi connectivity index (χ1) is 13.9. The molecule has 8 heteroatoms. The van der Waals surface area contributed by atoms with Crippen LogP contribution in [0.2, 0.25) is 0 Å². The second-order valence-electron chi connectivity index (χ2n) is 8.66. The van der Waals surface area contributed by atoms with Crippen LogP contribution < -0.4 is 0 Å². The first-order valence-electron chi connectivity index (χ1n) is 10.2. The van der Waals surface area contributed by atoms with Crippen LogP contribution in [-0.4, -0.2) is 72.7 Å². The number of nitrogens with zero attached hydrogens (tertiary/aromatic N) is 2. The number of para-hydroxylation sites is 1. The van der Waals surface area contributed by atoms with E-state index in [0.29, 0.717) is 44.7 Å². The van der Waals surface area contributed by atoms with Gasteiger partial charge in [0, 0.05) is 43.0 Å². The van der Waals surface area contributed by atoms with E-state index in [1.165, 1.54) is 0 Å². The Kier molecular flexibility index (Phi) is 4.24. The largest absolute Gasteiger partial charge is 0.351 e. The van der Waals surface area contributed by atoms with Gasteiger partial charge >= 0.3 is 0 Å². The summed E-state index contributed by atoms with van der Waals surface area (Å²) < 4.78 is 23.4. The number of aromatic amines is 1. The number of piperazine rings is 1. The van der Waals surface area contributed by atoms with Gasteiger partial charge in [-0.3, -0.25) is 9.59 Å². The van der Waals surface area contributed by atoms with Crippen LogP contribution in [0.15, 0.2) is 30.3 Å². The van der Waals surface area contributed by atoms with Crippen molar-refractivity contribution in [1.29, 1.82) is 0 Å². The summed E-state index contributed by atoms with van der Waals surface area (Å²) in [6.07, 6.45) is 2.05. The van der Waals surface area contributed by atoms with Crippen LogP contribution in [0.3, 0.4) is 0 Å². The van der Waals surface area contributed by atoms with Crippen molar-refractivity contribution in [2.75, 3.05) is 37.7 Å². The molecule has 1 unspecified atom stereocenters. The molecule has 154 valence electrons. The highest BCUT2D eigenvalue weighted by atomic mass is 32.2. The van der Waals surface area contributed by atoms with Gasteiger partial charge in [0.15, 0.2) is 0 Å². The number of nitrogens with one attached hydrogen (secondary N) is 1. The summed E-state index contributed by atoms with van der Waals surface area (Å²) in [5.74, 6) is 0.497. The van der Waals surface area contributed by atoms with Gasteiger partial charge in [-0.05, 0) is 36.8 Å². The molecule has 2 saturated heterocycles. The Morgan fingerprint density at radius 1 is 1.00 bits per heavy atom. The predicted molar refractivity (Wildman–Crippen MR) is 109 cm³/mol. The fourth-order valence-corrected chi connectivity index (χ4v) is 6.54. The summed E-state index contributed by atoms with van der Waals surface area (Å²) in [7, 11) is -2.91. The van der Waals surface area contributed by atoms with Crippen LogP contribution in [0.25, 0.3) is 10.9 Å². The molecule has 1 atom stereocenters. The van der Waals surface area contributed by atoms with E-state index in [2.05, 4.69) is 4.98 Å². The maximum atomic E-state index is 12.9. The van der Waals surface area contributed by atoms with Gasteiger partial charge in [-0.1, -0.05) is 18.2 Å². The number of amides is 2. The van der Waals surface area contributed by atoms with Gasteiger partial charge in [0.05, 0.1) is 11.5 Å². The molecule has 7 nitrogen and oxygen atoms in total. The van der Waals surface area contributed by atoms with Crippen LogP contribution >= 0.6 is 0 Å². The van der Waals surface area contributed by atoms with Crippen molar-refractivity contribution in [2.45, 2.75) is 19.3 Å². The Hall–Kier alpha value is -2.35. The highest BCUT2D eigenvalue weighted by molar-refractivity contribution is 7.91. The molecule has 2 amide bonds. The predicted octanol–water partition coefficient (Wildman–Crippen LogP) is 1.67. The zero-order valence-electron chi connectivity index (χ0n) is 16.3. The van der Waals surface area contributed by atoms with Crippen LogP contribution in [0, 0.1) is 11.3 Å². The number of hydrogen-bond acceptors (Lipinski definition) is 4. The Labute approximate surface area is 170 Å². The smallest absolute Gasteiger partial charge is 0.270 e. The van der Waals surface area contributed by atoms with Gasteiger partial charge in [0.2, 0.25) is 5.91 Å². The number of carbonyl (C=O) groups is 2. The number of carbonyl (C=O) groups excluding carboxylic acids is 2. The third-order valence-corrected chi connectivity index (χ3v) is 8.60. The van der Waals surface area contributed by atoms with Gasteiger partial charge in [-0.15, -0.1) is 0 Å². The fourth-order valence-electron chi connectivity index (χ4n) is 4.90. The normalized spacial score (nSPS) is 25.3.